The van der Waals surface area contributed by atoms with Crippen LogP contribution in [0.2, 0.25) is 0 Å². The summed E-state index contributed by atoms with van der Waals surface area (Å²) in [6.07, 6.45) is 1.64. The van der Waals surface area contributed by atoms with E-state index in [9.17, 15) is 24.8 Å². The van der Waals surface area contributed by atoms with Gasteiger partial charge in [-0.25, -0.2) is 9.79 Å². The number of amides is 1. The first-order chi connectivity index (χ1) is 20.1. The van der Waals surface area contributed by atoms with Crippen molar-refractivity contribution in [3.63, 3.8) is 0 Å². The molecule has 0 unspecified atom stereocenters. The number of hydrogen-bond donors (Lipinski definition) is 1. The van der Waals surface area contributed by atoms with Gasteiger partial charge in [0.1, 0.15) is 23.0 Å². The first-order valence-corrected chi connectivity index (χ1v) is 14.4. The summed E-state index contributed by atoms with van der Waals surface area (Å²) >= 11 is 3.07. The Morgan fingerprint density at radius 3 is 2.50 bits per heavy atom. The fourth-order valence-corrected chi connectivity index (χ4v) is 5.73. The van der Waals surface area contributed by atoms with Crippen molar-refractivity contribution in [3.05, 3.63) is 113 Å². The van der Waals surface area contributed by atoms with Crippen LogP contribution in [0.15, 0.2) is 81.9 Å². The van der Waals surface area contributed by atoms with Gasteiger partial charge in [0.2, 0.25) is 0 Å². The lowest BCUT2D eigenvalue weighted by Crippen LogP contribution is -2.14. The maximum atomic E-state index is 13.0. The standard InChI is InChI=1S/C30H25IN2O8S/c1-4-40-30(36)25-26(34)24(42-29(25)32-28(35)21-8-6-5-7-17(21)2)15-19-13-22(31)27(23(14-19)39-3)41-16-18-9-11-20(12-10-18)33(37)38/h5-15,34H,4,16H2,1-3H3/b24-15-,32-29?. The quantitative estimate of drug-likeness (QED) is 0.111. The molecule has 3 aromatic rings. The molecule has 0 atom stereocenters. The summed E-state index contributed by atoms with van der Waals surface area (Å²) in [5.41, 5.74) is 2.29. The molecule has 1 N–H and O–H groups in total. The third kappa shape index (κ3) is 6.99. The van der Waals surface area contributed by atoms with E-state index in [2.05, 4.69) is 27.6 Å². The van der Waals surface area contributed by atoms with Crippen molar-refractivity contribution < 1.29 is 33.8 Å². The second kappa shape index (κ2) is 13.7. The minimum absolute atomic E-state index is 0.00996. The predicted octanol–water partition coefficient (Wildman–Crippen LogP) is 6.80. The molecule has 0 aliphatic carbocycles. The maximum absolute atomic E-state index is 13.0. The van der Waals surface area contributed by atoms with Crippen molar-refractivity contribution in [2.75, 3.05) is 13.7 Å². The summed E-state index contributed by atoms with van der Waals surface area (Å²) < 4.78 is 17.3. The molecule has 4 rings (SSSR count). The Balaban J connectivity index is 1.64. The first-order valence-electron chi connectivity index (χ1n) is 12.6. The average Bonchev–Trinajstić information content (AvgIpc) is 3.26. The number of nitrogens with zero attached hydrogens (tertiary/aromatic N) is 2. The van der Waals surface area contributed by atoms with Crippen LogP contribution in [0.1, 0.15) is 34.0 Å². The summed E-state index contributed by atoms with van der Waals surface area (Å²) in [6.45, 7) is 3.66. The highest BCUT2D eigenvalue weighted by molar-refractivity contribution is 14.1. The Morgan fingerprint density at radius 1 is 1.14 bits per heavy atom. The van der Waals surface area contributed by atoms with E-state index < -0.39 is 16.8 Å². The SMILES string of the molecule is CCOC(=O)C1=C(O)/C(=C/c2cc(I)c(OCc3ccc([N+](=O)[O-])cc3)c(OC)c2)SC1=NC(=O)c1ccccc1C. The number of thioether (sulfide) groups is 1. The number of hydrogen-bond acceptors (Lipinski definition) is 9. The molecule has 0 aromatic heterocycles. The Hall–Kier alpha value is -4.17. The number of rotatable bonds is 9. The van der Waals surface area contributed by atoms with E-state index in [1.165, 1.54) is 19.2 Å². The van der Waals surface area contributed by atoms with Crippen LogP contribution < -0.4 is 9.47 Å². The van der Waals surface area contributed by atoms with E-state index in [1.54, 1.807) is 62.4 Å². The molecule has 42 heavy (non-hydrogen) atoms. The molecule has 0 spiro atoms. The Kier molecular flexibility index (Phi) is 10.0. The van der Waals surface area contributed by atoms with Crippen LogP contribution in [-0.4, -0.2) is 40.7 Å². The molecule has 0 saturated heterocycles. The first kappa shape index (κ1) is 30.8. The van der Waals surface area contributed by atoms with Gasteiger partial charge in [-0.15, -0.1) is 0 Å². The fourth-order valence-electron chi connectivity index (χ4n) is 3.94. The normalized spacial score (nSPS) is 14.8. The van der Waals surface area contributed by atoms with E-state index in [4.69, 9.17) is 14.2 Å². The molecule has 0 radical (unpaired) electrons. The largest absolute Gasteiger partial charge is 0.506 e. The molecule has 1 amide bonds. The maximum Gasteiger partial charge on any atom is 0.344 e. The van der Waals surface area contributed by atoms with Crippen LogP contribution in [0, 0.1) is 20.6 Å². The summed E-state index contributed by atoms with van der Waals surface area (Å²) in [6, 6.07) is 16.5. The minimum Gasteiger partial charge on any atom is -0.506 e. The van der Waals surface area contributed by atoms with Crippen molar-refractivity contribution in [1.29, 1.82) is 0 Å². The number of nitro benzene ring substituents is 1. The third-order valence-corrected chi connectivity index (χ3v) is 7.85. The number of nitro groups is 1. The zero-order chi connectivity index (χ0) is 30.4. The summed E-state index contributed by atoms with van der Waals surface area (Å²) in [5.74, 6) is -0.795. The number of methoxy groups -OCH3 is 1. The highest BCUT2D eigenvalue weighted by Gasteiger charge is 2.34. The Morgan fingerprint density at radius 2 is 1.86 bits per heavy atom. The number of carbonyl (C=O) groups excluding carboxylic acids is 2. The number of aliphatic hydroxyl groups is 1. The Labute approximate surface area is 259 Å². The second-order valence-corrected chi connectivity index (χ2v) is 11.0. The third-order valence-electron chi connectivity index (χ3n) is 6.03. The lowest BCUT2D eigenvalue weighted by molar-refractivity contribution is -0.384. The monoisotopic (exact) mass is 700 g/mol. The van der Waals surface area contributed by atoms with E-state index in [0.717, 1.165) is 22.9 Å². The molecular weight excluding hydrogens is 675 g/mol. The van der Waals surface area contributed by atoms with E-state index in [1.807, 2.05) is 6.07 Å². The van der Waals surface area contributed by atoms with E-state index >= 15 is 0 Å². The van der Waals surface area contributed by atoms with Crippen LogP contribution in [0.3, 0.4) is 0 Å². The Bertz CT molecular complexity index is 1650. The summed E-state index contributed by atoms with van der Waals surface area (Å²) in [5, 5.41) is 22.0. The number of aliphatic imine (C=N–C) groups is 1. The summed E-state index contributed by atoms with van der Waals surface area (Å²) in [4.78, 5) is 40.6. The van der Waals surface area contributed by atoms with Crippen LogP contribution in [0.25, 0.3) is 6.08 Å². The number of carbonyl (C=O) groups is 2. The number of halogens is 1. The van der Waals surface area contributed by atoms with Gasteiger partial charge in [-0.2, -0.15) is 0 Å². The van der Waals surface area contributed by atoms with Crippen molar-refractivity contribution in [2.24, 2.45) is 4.99 Å². The zero-order valence-electron chi connectivity index (χ0n) is 22.8. The smallest absolute Gasteiger partial charge is 0.344 e. The number of aliphatic hydroxyl groups excluding tert-OH is 1. The van der Waals surface area contributed by atoms with Gasteiger partial charge < -0.3 is 19.3 Å². The molecule has 0 saturated carbocycles. The van der Waals surface area contributed by atoms with Gasteiger partial charge in [-0.1, -0.05) is 30.0 Å². The number of non-ortho nitro benzene ring substituents is 1. The van der Waals surface area contributed by atoms with Gasteiger partial charge in [0.25, 0.3) is 11.6 Å². The zero-order valence-corrected chi connectivity index (χ0v) is 25.7. The van der Waals surface area contributed by atoms with Gasteiger partial charge in [-0.05, 0) is 89.5 Å². The molecule has 1 heterocycles. The van der Waals surface area contributed by atoms with Crippen LogP contribution >= 0.6 is 34.4 Å². The average molecular weight is 701 g/mol. The van der Waals surface area contributed by atoms with Gasteiger partial charge in [0.05, 0.1) is 27.1 Å². The molecule has 3 aromatic carbocycles. The fraction of sp³-hybridized carbons (Fsp3) is 0.167. The van der Waals surface area contributed by atoms with E-state index in [-0.39, 0.29) is 35.3 Å². The van der Waals surface area contributed by atoms with Gasteiger partial charge >= 0.3 is 5.97 Å². The number of benzene rings is 3. The molecule has 1 aliphatic rings. The van der Waals surface area contributed by atoms with Crippen molar-refractivity contribution >= 4 is 63.0 Å². The second-order valence-electron chi connectivity index (χ2n) is 8.84. The molecule has 10 nitrogen and oxygen atoms in total. The van der Waals surface area contributed by atoms with Crippen molar-refractivity contribution in [2.45, 2.75) is 20.5 Å². The van der Waals surface area contributed by atoms with Gasteiger partial charge in [0, 0.05) is 17.7 Å². The number of ether oxygens (including phenoxy) is 3. The lowest BCUT2D eigenvalue weighted by atomic mass is 10.1. The van der Waals surface area contributed by atoms with E-state index in [0.29, 0.717) is 31.1 Å². The molecular formula is C30H25IN2O8S. The predicted molar refractivity (Wildman–Crippen MR) is 168 cm³/mol. The van der Waals surface area contributed by atoms with Gasteiger partial charge in [-0.3, -0.25) is 14.9 Å². The minimum atomic E-state index is -0.788. The van der Waals surface area contributed by atoms with Crippen LogP contribution in [0.4, 0.5) is 5.69 Å². The summed E-state index contributed by atoms with van der Waals surface area (Å²) in [7, 11) is 1.49. The van der Waals surface area contributed by atoms with Crippen molar-refractivity contribution in [1.82, 2.24) is 0 Å². The lowest BCUT2D eigenvalue weighted by Gasteiger charge is -2.14. The highest BCUT2D eigenvalue weighted by Crippen LogP contribution is 2.41. The van der Waals surface area contributed by atoms with Crippen LogP contribution in [-0.2, 0) is 16.1 Å². The number of esters is 1. The topological polar surface area (TPSA) is 138 Å². The molecule has 12 heteroatoms. The van der Waals surface area contributed by atoms with Crippen LogP contribution in [0.5, 0.6) is 11.5 Å². The van der Waals surface area contributed by atoms with Crippen molar-refractivity contribution in [3.8, 4) is 11.5 Å². The molecule has 0 fully saturated rings. The molecule has 216 valence electrons. The molecule has 1 aliphatic heterocycles. The molecule has 0 bridgehead atoms. The van der Waals surface area contributed by atoms with Gasteiger partial charge in [0.15, 0.2) is 11.5 Å². The highest BCUT2D eigenvalue weighted by atomic mass is 127. The number of aryl methyl sites for hydroxylation is 1.